The topological polar surface area (TPSA) is 66.4 Å². The van der Waals surface area contributed by atoms with Crippen LogP contribution in [0.3, 0.4) is 0 Å². The molecule has 2 N–H and O–H groups in total. The highest BCUT2D eigenvalue weighted by atomic mass is 35.5. The SMILES string of the molecule is CCSCC(C)NS(=O)(=O)c1cc(CO)ccc1Cl. The number of nitrogens with one attached hydrogen (secondary N) is 1. The van der Waals surface area contributed by atoms with Gasteiger partial charge in [-0.05, 0) is 30.4 Å². The summed E-state index contributed by atoms with van der Waals surface area (Å²) in [5, 5.41) is 9.21. The highest BCUT2D eigenvalue weighted by Gasteiger charge is 2.20. The van der Waals surface area contributed by atoms with Crippen molar-refractivity contribution < 1.29 is 13.5 Å². The zero-order valence-corrected chi connectivity index (χ0v) is 13.3. The molecule has 108 valence electrons. The summed E-state index contributed by atoms with van der Waals surface area (Å²) in [7, 11) is -3.66. The zero-order chi connectivity index (χ0) is 14.5. The smallest absolute Gasteiger partial charge is 0.242 e. The van der Waals surface area contributed by atoms with E-state index in [-0.39, 0.29) is 22.6 Å². The van der Waals surface area contributed by atoms with Crippen LogP contribution in [-0.4, -0.2) is 31.1 Å². The first-order chi connectivity index (χ1) is 8.90. The molecule has 19 heavy (non-hydrogen) atoms. The van der Waals surface area contributed by atoms with Crippen molar-refractivity contribution in [2.45, 2.75) is 31.4 Å². The Morgan fingerprint density at radius 2 is 2.16 bits per heavy atom. The molecule has 1 unspecified atom stereocenters. The predicted octanol–water partition coefficient (Wildman–Crippen LogP) is 2.25. The van der Waals surface area contributed by atoms with E-state index in [0.717, 1.165) is 5.75 Å². The number of hydrogen-bond donors (Lipinski definition) is 2. The molecule has 1 aromatic rings. The molecule has 1 atom stereocenters. The van der Waals surface area contributed by atoms with E-state index in [1.54, 1.807) is 17.8 Å². The molecule has 0 spiro atoms. The molecular formula is C12H18ClNO3S2. The van der Waals surface area contributed by atoms with Crippen molar-refractivity contribution in [3.05, 3.63) is 28.8 Å². The van der Waals surface area contributed by atoms with Gasteiger partial charge in [-0.1, -0.05) is 24.6 Å². The van der Waals surface area contributed by atoms with E-state index in [1.807, 2.05) is 13.8 Å². The Labute approximate surface area is 123 Å². The summed E-state index contributed by atoms with van der Waals surface area (Å²) >= 11 is 7.58. The Morgan fingerprint density at radius 3 is 2.74 bits per heavy atom. The van der Waals surface area contributed by atoms with Gasteiger partial charge in [0.25, 0.3) is 0 Å². The summed E-state index contributed by atoms with van der Waals surface area (Å²) < 4.78 is 27.0. The summed E-state index contributed by atoms with van der Waals surface area (Å²) in [4.78, 5) is 0.00839. The Balaban J connectivity index is 2.93. The Morgan fingerprint density at radius 1 is 1.47 bits per heavy atom. The van der Waals surface area contributed by atoms with Crippen molar-refractivity contribution in [3.8, 4) is 0 Å². The molecule has 7 heteroatoms. The van der Waals surface area contributed by atoms with Gasteiger partial charge >= 0.3 is 0 Å². The largest absolute Gasteiger partial charge is 0.392 e. The van der Waals surface area contributed by atoms with Crippen LogP contribution in [0.2, 0.25) is 5.02 Å². The van der Waals surface area contributed by atoms with E-state index >= 15 is 0 Å². The number of hydrogen-bond acceptors (Lipinski definition) is 4. The van der Waals surface area contributed by atoms with Gasteiger partial charge < -0.3 is 5.11 Å². The van der Waals surface area contributed by atoms with E-state index in [9.17, 15) is 8.42 Å². The molecule has 0 aliphatic heterocycles. The number of aliphatic hydroxyl groups excluding tert-OH is 1. The molecule has 4 nitrogen and oxygen atoms in total. The third kappa shape index (κ3) is 4.96. The van der Waals surface area contributed by atoms with Crippen LogP contribution in [0.5, 0.6) is 0 Å². The molecule has 1 aromatic carbocycles. The van der Waals surface area contributed by atoms with Crippen molar-refractivity contribution in [2.75, 3.05) is 11.5 Å². The van der Waals surface area contributed by atoms with Crippen molar-refractivity contribution >= 4 is 33.4 Å². The summed E-state index contributed by atoms with van der Waals surface area (Å²) in [6.07, 6.45) is 0. The lowest BCUT2D eigenvalue weighted by atomic mass is 10.2. The van der Waals surface area contributed by atoms with Gasteiger partial charge in [0.1, 0.15) is 4.90 Å². The highest BCUT2D eigenvalue weighted by Crippen LogP contribution is 2.23. The van der Waals surface area contributed by atoms with Gasteiger partial charge in [-0.3, -0.25) is 0 Å². The van der Waals surface area contributed by atoms with Crippen LogP contribution in [0.4, 0.5) is 0 Å². The minimum atomic E-state index is -3.66. The van der Waals surface area contributed by atoms with Crippen LogP contribution >= 0.6 is 23.4 Å². The maximum absolute atomic E-state index is 12.2. The molecule has 0 radical (unpaired) electrons. The Bertz CT molecular complexity index is 520. The van der Waals surface area contributed by atoms with Crippen LogP contribution in [0, 0.1) is 0 Å². The second-order valence-electron chi connectivity index (χ2n) is 4.10. The molecule has 0 bridgehead atoms. The maximum Gasteiger partial charge on any atom is 0.242 e. The third-order valence-corrected chi connectivity index (χ3v) is 5.61. The first-order valence-electron chi connectivity index (χ1n) is 5.90. The standard InChI is InChI=1S/C12H18ClNO3S2/c1-3-18-8-9(2)14-19(16,17)12-6-10(7-15)4-5-11(12)13/h4-6,9,14-15H,3,7-8H2,1-2H3. The van der Waals surface area contributed by atoms with Gasteiger partial charge in [0, 0.05) is 11.8 Å². The molecule has 0 saturated carbocycles. The fourth-order valence-electron chi connectivity index (χ4n) is 1.51. The van der Waals surface area contributed by atoms with Crippen LogP contribution in [0.1, 0.15) is 19.4 Å². The van der Waals surface area contributed by atoms with E-state index < -0.39 is 10.0 Å². The van der Waals surface area contributed by atoms with Gasteiger partial charge in [-0.25, -0.2) is 13.1 Å². The quantitative estimate of drug-likeness (QED) is 0.807. The predicted molar refractivity (Wildman–Crippen MR) is 80.2 cm³/mol. The third-order valence-electron chi connectivity index (χ3n) is 2.40. The zero-order valence-electron chi connectivity index (χ0n) is 10.9. The fourth-order valence-corrected chi connectivity index (χ4v) is 4.08. The van der Waals surface area contributed by atoms with E-state index in [0.29, 0.717) is 11.3 Å². The molecule has 0 amide bonds. The van der Waals surface area contributed by atoms with Crippen LogP contribution < -0.4 is 4.72 Å². The minimum absolute atomic E-state index is 0.00839. The fraction of sp³-hybridized carbons (Fsp3) is 0.500. The lowest BCUT2D eigenvalue weighted by Gasteiger charge is -2.15. The van der Waals surface area contributed by atoms with E-state index in [2.05, 4.69) is 4.72 Å². The molecule has 0 aliphatic rings. The Hall–Kier alpha value is -0.270. The average molecular weight is 324 g/mol. The van der Waals surface area contributed by atoms with Gasteiger partial charge in [0.15, 0.2) is 0 Å². The Kier molecular flexibility index (Phi) is 6.62. The number of thioether (sulfide) groups is 1. The first-order valence-corrected chi connectivity index (χ1v) is 8.91. The lowest BCUT2D eigenvalue weighted by molar-refractivity contribution is 0.281. The number of aliphatic hydroxyl groups is 1. The van der Waals surface area contributed by atoms with Gasteiger partial charge in [0.2, 0.25) is 10.0 Å². The van der Waals surface area contributed by atoms with Crippen molar-refractivity contribution in [2.24, 2.45) is 0 Å². The molecule has 0 aliphatic carbocycles. The first kappa shape index (κ1) is 16.8. The summed E-state index contributed by atoms with van der Waals surface area (Å²) in [6.45, 7) is 3.61. The molecule has 0 aromatic heterocycles. The second-order valence-corrected chi connectivity index (χ2v) is 7.51. The van der Waals surface area contributed by atoms with Crippen LogP contribution in [-0.2, 0) is 16.6 Å². The lowest BCUT2D eigenvalue weighted by Crippen LogP contribution is -2.34. The summed E-state index contributed by atoms with van der Waals surface area (Å²) in [6, 6.07) is 4.29. The number of sulfonamides is 1. The average Bonchev–Trinajstić information content (AvgIpc) is 2.36. The van der Waals surface area contributed by atoms with E-state index in [1.165, 1.54) is 12.1 Å². The van der Waals surface area contributed by atoms with Gasteiger partial charge in [-0.15, -0.1) is 0 Å². The molecular weight excluding hydrogens is 306 g/mol. The van der Waals surface area contributed by atoms with Crippen LogP contribution in [0.15, 0.2) is 23.1 Å². The van der Waals surface area contributed by atoms with Gasteiger partial charge in [0.05, 0.1) is 11.6 Å². The molecule has 0 saturated heterocycles. The normalized spacial score (nSPS) is 13.5. The number of benzene rings is 1. The van der Waals surface area contributed by atoms with Gasteiger partial charge in [-0.2, -0.15) is 11.8 Å². The maximum atomic E-state index is 12.2. The summed E-state index contributed by atoms with van der Waals surface area (Å²) in [5.41, 5.74) is 0.514. The number of halogens is 1. The summed E-state index contributed by atoms with van der Waals surface area (Å²) in [5.74, 6) is 1.64. The van der Waals surface area contributed by atoms with Crippen molar-refractivity contribution in [3.63, 3.8) is 0 Å². The van der Waals surface area contributed by atoms with Crippen LogP contribution in [0.25, 0.3) is 0 Å². The van der Waals surface area contributed by atoms with E-state index in [4.69, 9.17) is 16.7 Å². The molecule has 0 fully saturated rings. The number of rotatable bonds is 7. The monoisotopic (exact) mass is 323 g/mol. The highest BCUT2D eigenvalue weighted by molar-refractivity contribution is 7.99. The second kappa shape index (κ2) is 7.50. The minimum Gasteiger partial charge on any atom is -0.392 e. The van der Waals surface area contributed by atoms with Crippen molar-refractivity contribution in [1.29, 1.82) is 0 Å². The molecule has 0 heterocycles. The molecule has 1 rings (SSSR count). The van der Waals surface area contributed by atoms with Crippen molar-refractivity contribution in [1.82, 2.24) is 4.72 Å².